The Balaban J connectivity index is 0. The van der Waals surface area contributed by atoms with Crippen LogP contribution in [0.1, 0.15) is 0 Å². The Morgan fingerprint density at radius 1 is 1.00 bits per heavy atom. The van der Waals surface area contributed by atoms with Gasteiger partial charge in [-0.05, 0) is 0 Å². The first-order valence-corrected chi connectivity index (χ1v) is 4.96. The summed E-state index contributed by atoms with van der Waals surface area (Å²) in [4.78, 5) is 0. The molecule has 0 rings (SSSR count). The molecule has 5 heteroatoms. The third-order valence-electron chi connectivity index (χ3n) is 0. The van der Waals surface area contributed by atoms with Gasteiger partial charge in [-0.15, -0.1) is 0 Å². The summed E-state index contributed by atoms with van der Waals surface area (Å²) < 4.78 is 0. The zero-order chi connectivity index (χ0) is 3.58. The van der Waals surface area contributed by atoms with Crippen molar-refractivity contribution >= 4 is 30.3 Å². The van der Waals surface area contributed by atoms with Crippen LogP contribution < -0.4 is 0 Å². The van der Waals surface area contributed by atoms with Crippen LogP contribution in [0.4, 0.5) is 0 Å². The maximum absolute atomic E-state index is 4.89. The van der Waals surface area contributed by atoms with Gasteiger partial charge < -0.3 is 0 Å². The SMILES string of the molecule is [Cl][Fe]([Cl])[Cl].[V]. The van der Waals surface area contributed by atoms with Crippen molar-refractivity contribution in [1.29, 1.82) is 0 Å². The molecule has 0 spiro atoms. The zero-order valence-electron chi connectivity index (χ0n) is 1.93. The van der Waals surface area contributed by atoms with Gasteiger partial charge >= 0.3 is 41.5 Å². The van der Waals surface area contributed by atoms with E-state index in [1.807, 2.05) is 0 Å². The molecule has 0 unspecified atom stereocenters. The molecule has 0 aromatic heterocycles. The second-order valence-corrected chi connectivity index (χ2v) is 5.62. The van der Waals surface area contributed by atoms with Crippen molar-refractivity contribution < 1.29 is 29.7 Å². The van der Waals surface area contributed by atoms with Crippen LogP contribution in [-0.4, -0.2) is 0 Å². The van der Waals surface area contributed by atoms with E-state index in [2.05, 4.69) is 0 Å². The average molecular weight is 213 g/mol. The van der Waals surface area contributed by atoms with E-state index in [1.54, 1.807) is 0 Å². The zero-order valence-corrected chi connectivity index (χ0v) is 6.70. The van der Waals surface area contributed by atoms with E-state index in [-0.39, 0.29) is 18.6 Å². The van der Waals surface area contributed by atoms with Crippen LogP contribution in [0, 0.1) is 0 Å². The molecule has 0 heterocycles. The van der Waals surface area contributed by atoms with Gasteiger partial charge in [-0.3, -0.25) is 0 Å². The normalized spacial score (nSPS) is 9.00. The maximum Gasteiger partial charge on any atom is 0 e. The Hall–Kier alpha value is 1.97. The topological polar surface area (TPSA) is 0 Å². The van der Waals surface area contributed by atoms with E-state index in [0.717, 1.165) is 0 Å². The van der Waals surface area contributed by atoms with E-state index >= 15 is 0 Å². The Kier molecular flexibility index (Phi) is 12.0. The molecule has 34 valence electrons. The molecule has 0 aliphatic carbocycles. The van der Waals surface area contributed by atoms with Gasteiger partial charge in [0.1, 0.15) is 0 Å². The van der Waals surface area contributed by atoms with Crippen molar-refractivity contribution in [2.75, 3.05) is 0 Å². The Bertz CT molecular complexity index is 11.6. The van der Waals surface area contributed by atoms with Crippen LogP contribution in [0.25, 0.3) is 0 Å². The summed E-state index contributed by atoms with van der Waals surface area (Å²) in [5.41, 5.74) is 0. The molecule has 0 aromatic rings. The summed E-state index contributed by atoms with van der Waals surface area (Å²) >= 11 is -1.33. The standard InChI is InChI=1S/3ClH.Fe.V/h3*1H;;/q;;;+3;/p-3. The molecule has 0 aliphatic rings. The summed E-state index contributed by atoms with van der Waals surface area (Å²) in [7, 11) is 14.7. The minimum Gasteiger partial charge on any atom is 0 e. The van der Waals surface area contributed by atoms with Crippen molar-refractivity contribution in [3.05, 3.63) is 0 Å². The molecule has 0 bridgehead atoms. The maximum atomic E-state index is 4.89. The predicted molar refractivity (Wildman–Crippen MR) is 17.6 cm³/mol. The first kappa shape index (κ1) is 10.1. The summed E-state index contributed by atoms with van der Waals surface area (Å²) in [6.07, 6.45) is 0. The molecule has 0 amide bonds. The summed E-state index contributed by atoms with van der Waals surface area (Å²) in [5.74, 6) is 0. The molecule has 0 saturated heterocycles. The Morgan fingerprint density at radius 3 is 1.00 bits per heavy atom. The second-order valence-electron chi connectivity index (χ2n) is 0.152. The van der Waals surface area contributed by atoms with Crippen LogP contribution in [0.15, 0.2) is 0 Å². The van der Waals surface area contributed by atoms with Gasteiger partial charge in [-0.2, -0.15) is 0 Å². The minimum atomic E-state index is -1.33. The van der Waals surface area contributed by atoms with Gasteiger partial charge in [0.05, 0.1) is 0 Å². The molecule has 0 fully saturated rings. The summed E-state index contributed by atoms with van der Waals surface area (Å²) in [5, 5.41) is 0. The molecule has 0 aliphatic heterocycles. The van der Waals surface area contributed by atoms with Crippen LogP contribution in [0.5, 0.6) is 0 Å². The van der Waals surface area contributed by atoms with E-state index in [4.69, 9.17) is 30.3 Å². The van der Waals surface area contributed by atoms with Gasteiger partial charge in [0.25, 0.3) is 0 Å². The molecule has 0 nitrogen and oxygen atoms in total. The third-order valence-corrected chi connectivity index (χ3v) is 0. The van der Waals surface area contributed by atoms with E-state index in [0.29, 0.717) is 0 Å². The van der Waals surface area contributed by atoms with Crippen molar-refractivity contribution in [1.82, 2.24) is 0 Å². The predicted octanol–water partition coefficient (Wildman–Crippen LogP) is 2.06. The number of hydrogen-bond acceptors (Lipinski definition) is 0. The van der Waals surface area contributed by atoms with Gasteiger partial charge in [-0.25, -0.2) is 0 Å². The quantitative estimate of drug-likeness (QED) is 0.540. The summed E-state index contributed by atoms with van der Waals surface area (Å²) in [6.45, 7) is 0. The van der Waals surface area contributed by atoms with Crippen molar-refractivity contribution in [3.8, 4) is 0 Å². The van der Waals surface area contributed by atoms with Crippen LogP contribution in [0.2, 0.25) is 0 Å². The Labute approximate surface area is 59.6 Å². The molecular weight excluding hydrogens is 213 g/mol. The fraction of sp³-hybridized carbons (Fsp3) is 0. The molecule has 5 heavy (non-hydrogen) atoms. The van der Waals surface area contributed by atoms with Crippen LogP contribution in [0.3, 0.4) is 0 Å². The van der Waals surface area contributed by atoms with E-state index in [9.17, 15) is 0 Å². The number of halogens is 3. The van der Waals surface area contributed by atoms with Crippen molar-refractivity contribution in [2.24, 2.45) is 0 Å². The largest absolute Gasteiger partial charge is 0 e. The minimum absolute atomic E-state index is 0. The average Bonchev–Trinajstić information content (AvgIpc) is 0.811. The fourth-order valence-corrected chi connectivity index (χ4v) is 0. The Morgan fingerprint density at radius 2 is 1.00 bits per heavy atom. The van der Waals surface area contributed by atoms with Gasteiger partial charge in [0, 0.05) is 18.6 Å². The third kappa shape index (κ3) is 24.2. The first-order chi connectivity index (χ1) is 1.73. The molecule has 0 saturated carbocycles. The van der Waals surface area contributed by atoms with Gasteiger partial charge in [-0.1, -0.05) is 0 Å². The van der Waals surface area contributed by atoms with E-state index in [1.165, 1.54) is 0 Å². The van der Waals surface area contributed by atoms with Gasteiger partial charge in [0.15, 0.2) is 0 Å². The van der Waals surface area contributed by atoms with Crippen LogP contribution >= 0.6 is 30.3 Å². The number of hydrogen-bond donors (Lipinski definition) is 0. The van der Waals surface area contributed by atoms with Crippen molar-refractivity contribution in [2.45, 2.75) is 0 Å². The molecule has 0 atom stereocenters. The second kappa shape index (κ2) is 5.97. The van der Waals surface area contributed by atoms with Crippen molar-refractivity contribution in [3.63, 3.8) is 0 Å². The molecular formula is Cl3FeV. The van der Waals surface area contributed by atoms with E-state index < -0.39 is 11.2 Å². The smallest absolute Gasteiger partial charge is 0 e. The summed E-state index contributed by atoms with van der Waals surface area (Å²) in [6, 6.07) is 0. The van der Waals surface area contributed by atoms with Gasteiger partial charge in [0.2, 0.25) is 0 Å². The molecule has 1 radical (unpaired) electrons. The first-order valence-electron chi connectivity index (χ1n) is 0.401. The molecule has 0 aromatic carbocycles. The number of rotatable bonds is 0. The molecule has 0 N–H and O–H groups in total. The monoisotopic (exact) mass is 212 g/mol. The fourth-order valence-electron chi connectivity index (χ4n) is 0. The van der Waals surface area contributed by atoms with Crippen LogP contribution in [-0.2, 0) is 29.7 Å².